The average molecular weight is 5970 g/mol. The van der Waals surface area contributed by atoms with Gasteiger partial charge in [-0.2, -0.15) is 0 Å². The standard InChI is InChI=1S/18C4H8.27W/c18*1-2-4-3-1;;;;;;;;;;;;;;;;;;;;;;;;;;;/h18*1-4H2;;;;;;;;;;;;;;;;;;;;;;;;;;;. The summed E-state index contributed by atoms with van der Waals surface area (Å²) in [6.45, 7) is 0. The zero-order valence-electron chi connectivity index (χ0n) is 61.9. The van der Waals surface area contributed by atoms with Crippen molar-refractivity contribution in [3.8, 4) is 0 Å². The van der Waals surface area contributed by atoms with Crippen LogP contribution in [0.15, 0.2) is 0 Å². The summed E-state index contributed by atoms with van der Waals surface area (Å²) in [5.41, 5.74) is 0. The SMILES string of the molecule is C1CCC1.C1CCC1.C1CCC1.C1CCC1.C1CCC1.C1CCC1.C1CCC1.C1CCC1.C1CCC1.C1CCC1.C1CCC1.C1CCC1.C1CCC1.C1CCC1.C1CCC1.C1CCC1.C1CCC1.C1CCC1.[W].[W].[W].[W].[W].[W].[W].[W].[W].[W].[W].[W].[W].[W].[W].[W].[W].[W].[W].[W].[W].[W].[W].[W].[W].[W].[W]. The molecule has 18 aliphatic rings. The second-order valence-corrected chi connectivity index (χ2v) is 25.5. The zero-order valence-corrected chi connectivity index (χ0v) is 141. The third kappa shape index (κ3) is 187. The minimum Gasteiger partial charge on any atom is -0.0533 e. The molecule has 99 heavy (non-hydrogen) atoms. The van der Waals surface area contributed by atoms with Gasteiger partial charge in [0.05, 0.1) is 0 Å². The van der Waals surface area contributed by atoms with Crippen LogP contribution in [0.4, 0.5) is 0 Å². The van der Waals surface area contributed by atoms with Crippen LogP contribution in [-0.4, -0.2) is 0 Å². The van der Waals surface area contributed by atoms with Crippen molar-refractivity contribution in [2.24, 2.45) is 0 Å². The van der Waals surface area contributed by atoms with Crippen LogP contribution in [0.25, 0.3) is 0 Å². The van der Waals surface area contributed by atoms with E-state index in [0.717, 1.165) is 0 Å². The van der Waals surface area contributed by atoms with E-state index in [0.29, 0.717) is 0 Å². The van der Waals surface area contributed by atoms with Crippen molar-refractivity contribution in [2.75, 3.05) is 0 Å². The van der Waals surface area contributed by atoms with E-state index in [4.69, 9.17) is 0 Å². The van der Waals surface area contributed by atoms with E-state index in [1.165, 1.54) is 462 Å². The Kier molecular flexibility index (Phi) is 373. The summed E-state index contributed by atoms with van der Waals surface area (Å²) >= 11 is 0. The molecule has 0 amide bonds. The first-order chi connectivity index (χ1) is 36.0. The molecule has 0 saturated heterocycles. The molecule has 18 saturated carbocycles. The van der Waals surface area contributed by atoms with Crippen LogP contribution in [0.5, 0.6) is 0 Å². The second kappa shape index (κ2) is 190. The summed E-state index contributed by atoms with van der Waals surface area (Å²) in [6, 6.07) is 0. The van der Waals surface area contributed by atoms with Gasteiger partial charge in [-0.3, -0.25) is 0 Å². The molecule has 18 rings (SSSR count). The molecule has 0 aromatic rings. The summed E-state index contributed by atoms with van der Waals surface area (Å²) in [4.78, 5) is 0. The second-order valence-electron chi connectivity index (χ2n) is 25.5. The van der Waals surface area contributed by atoms with Crippen LogP contribution in [0.1, 0.15) is 462 Å². The van der Waals surface area contributed by atoms with E-state index in [1.54, 1.807) is 0 Å². The van der Waals surface area contributed by atoms with E-state index >= 15 is 0 Å². The zero-order chi connectivity index (χ0) is 50.9. The number of rotatable bonds is 0. The van der Waals surface area contributed by atoms with Crippen LogP contribution in [0.2, 0.25) is 0 Å². The topological polar surface area (TPSA) is 0 Å². The fourth-order valence-electron chi connectivity index (χ4n) is 4.50. The maximum atomic E-state index is 1.50. The van der Waals surface area contributed by atoms with Crippen LogP contribution < -0.4 is 0 Å². The van der Waals surface area contributed by atoms with Gasteiger partial charge in [0.15, 0.2) is 0 Å². The summed E-state index contributed by atoms with van der Waals surface area (Å²) in [6.07, 6.45) is 108. The first-order valence-electron chi connectivity index (χ1n) is 36.0. The molecule has 0 bridgehead atoms. The van der Waals surface area contributed by atoms with Crippen LogP contribution in [-0.2, 0) is 569 Å². The molecule has 594 valence electrons. The van der Waals surface area contributed by atoms with Gasteiger partial charge in [0.1, 0.15) is 0 Å². The summed E-state index contributed by atoms with van der Waals surface area (Å²) in [5, 5.41) is 0. The Labute approximate surface area is 1010 Å². The maximum Gasteiger partial charge on any atom is 0 e. The molecule has 0 N–H and O–H groups in total. The molecule has 0 nitrogen and oxygen atoms in total. The molecule has 0 atom stereocenters. The Hall–Kier alpha value is 18.6. The predicted octanol–water partition coefficient (Wildman–Crippen LogP) is 28.0. The smallest absolute Gasteiger partial charge is 0 e. The average Bonchev–Trinajstić information content (AvgIpc) is 2.79. The summed E-state index contributed by atoms with van der Waals surface area (Å²) in [5.74, 6) is 0. The summed E-state index contributed by atoms with van der Waals surface area (Å²) < 4.78 is 0. The van der Waals surface area contributed by atoms with Gasteiger partial charge in [-0.25, -0.2) is 0 Å². The quantitative estimate of drug-likeness (QED) is 0.227. The van der Waals surface area contributed by atoms with E-state index in [-0.39, 0.29) is 569 Å². The Morgan fingerprint density at radius 3 is 0.0404 bits per heavy atom. The molecular weight excluding hydrogens is 5830 g/mol. The molecule has 18 aliphatic carbocycles. The molecular formula is C72H144W27. The summed E-state index contributed by atoms with van der Waals surface area (Å²) in [7, 11) is 0. The van der Waals surface area contributed by atoms with Gasteiger partial charge >= 0.3 is 0 Å². The van der Waals surface area contributed by atoms with E-state index in [9.17, 15) is 0 Å². The van der Waals surface area contributed by atoms with Gasteiger partial charge in [-0.15, -0.1) is 0 Å². The molecule has 18 fully saturated rings. The first-order valence-corrected chi connectivity index (χ1v) is 36.0. The van der Waals surface area contributed by atoms with Crippen molar-refractivity contribution < 1.29 is 569 Å². The molecule has 0 spiro atoms. The molecule has 27 heteroatoms. The third-order valence-electron chi connectivity index (χ3n) is 18.0. The van der Waals surface area contributed by atoms with Gasteiger partial charge < -0.3 is 0 Å². The van der Waals surface area contributed by atoms with E-state index < -0.39 is 0 Å². The number of hydrogen-bond acceptors (Lipinski definition) is 0. The van der Waals surface area contributed by atoms with Gasteiger partial charge in [-0.05, 0) is 0 Å². The van der Waals surface area contributed by atoms with Gasteiger partial charge in [0, 0.05) is 569 Å². The molecule has 0 aromatic heterocycles. The fraction of sp³-hybridized carbons (Fsp3) is 1.00. The van der Waals surface area contributed by atoms with Crippen LogP contribution in [0, 0.1) is 0 Å². The van der Waals surface area contributed by atoms with Crippen LogP contribution in [0.3, 0.4) is 0 Å². The Balaban J connectivity index is -0.0000000218. The molecule has 0 aliphatic heterocycles. The van der Waals surface area contributed by atoms with Crippen LogP contribution >= 0.6 is 0 Å². The fourth-order valence-corrected chi connectivity index (χ4v) is 4.50. The van der Waals surface area contributed by atoms with Crippen molar-refractivity contribution in [3.05, 3.63) is 0 Å². The minimum atomic E-state index is 0. The van der Waals surface area contributed by atoms with Crippen molar-refractivity contribution in [1.29, 1.82) is 0 Å². The third-order valence-corrected chi connectivity index (χ3v) is 18.0. The van der Waals surface area contributed by atoms with E-state index in [1.807, 2.05) is 0 Å². The van der Waals surface area contributed by atoms with Crippen molar-refractivity contribution in [1.82, 2.24) is 0 Å². The molecule has 0 aromatic carbocycles. The Bertz CT molecular complexity index is 528. The van der Waals surface area contributed by atoms with Crippen molar-refractivity contribution in [2.45, 2.75) is 462 Å². The van der Waals surface area contributed by atoms with Gasteiger partial charge in [-0.1, -0.05) is 462 Å². The van der Waals surface area contributed by atoms with E-state index in [2.05, 4.69) is 0 Å². The largest absolute Gasteiger partial charge is 0.0533 e. The minimum absolute atomic E-state index is 0. The molecule has 0 heterocycles. The Morgan fingerprint density at radius 1 is 0.0303 bits per heavy atom. The monoisotopic (exact) mass is 5980 g/mol. The predicted molar refractivity (Wildman–Crippen MR) is 332 cm³/mol. The molecule has 0 unspecified atom stereocenters. The first kappa shape index (κ1) is 195. The molecule has 0 radical (unpaired) electrons. The van der Waals surface area contributed by atoms with Crippen molar-refractivity contribution >= 4 is 0 Å². The van der Waals surface area contributed by atoms with Gasteiger partial charge in [0.2, 0.25) is 0 Å². The maximum absolute atomic E-state index is 1.50. The Morgan fingerprint density at radius 2 is 0.0404 bits per heavy atom. The van der Waals surface area contributed by atoms with Crippen molar-refractivity contribution in [3.63, 3.8) is 0 Å². The number of hydrogen-bond donors (Lipinski definition) is 0. The normalized spacial score (nSPS) is 17.5. The van der Waals surface area contributed by atoms with Gasteiger partial charge in [0.25, 0.3) is 0 Å².